The number of ether oxygens (including phenoxy) is 1. The summed E-state index contributed by atoms with van der Waals surface area (Å²) >= 11 is 0. The second-order valence-corrected chi connectivity index (χ2v) is 14.5. The zero-order valence-electron chi connectivity index (χ0n) is 26.0. The summed E-state index contributed by atoms with van der Waals surface area (Å²) in [5, 5.41) is 8.39. The molecule has 0 amide bonds. The maximum absolute atomic E-state index is 4.61. The molecule has 0 saturated carbocycles. The molecule has 0 fully saturated rings. The molecule has 0 aliphatic rings. The first-order valence-corrected chi connectivity index (χ1v) is 17.8. The van der Waals surface area contributed by atoms with E-state index in [1.165, 1.54) is 31.8 Å². The van der Waals surface area contributed by atoms with Crippen LogP contribution in [0.4, 0.5) is 0 Å². The summed E-state index contributed by atoms with van der Waals surface area (Å²) in [7, 11) is 2.33. The van der Waals surface area contributed by atoms with Gasteiger partial charge in [-0.2, -0.15) is 25.3 Å². The predicted molar refractivity (Wildman–Crippen MR) is 202 cm³/mol. The third-order valence-electron chi connectivity index (χ3n) is 6.92. The molecule has 234 valence electrons. The molecule has 0 aromatic heterocycles. The van der Waals surface area contributed by atoms with Crippen molar-refractivity contribution in [2.45, 2.75) is 0 Å². The normalized spacial score (nSPS) is 10.0. The fourth-order valence-electron chi connectivity index (χ4n) is 4.82. The van der Waals surface area contributed by atoms with Crippen LogP contribution in [0.3, 0.4) is 0 Å². The number of benzene rings is 7. The van der Waals surface area contributed by atoms with Gasteiger partial charge in [-0.25, -0.2) is 0 Å². The zero-order valence-corrected chi connectivity index (χ0v) is 29.3. The van der Waals surface area contributed by atoms with Crippen molar-refractivity contribution >= 4 is 47.7 Å². The third kappa shape index (κ3) is 11.0. The molecule has 0 aliphatic heterocycles. The summed E-state index contributed by atoms with van der Waals surface area (Å²) in [6, 6.07) is 74.8. The van der Waals surface area contributed by atoms with Crippen molar-refractivity contribution in [3.63, 3.8) is 0 Å². The smallest absolute Gasteiger partial charge is 0.683 e. The maximum Gasteiger partial charge on any atom is 2.00 e. The maximum atomic E-state index is 4.61. The quantitative estimate of drug-likeness (QED) is 0.0906. The Kier molecular flexibility index (Phi) is 15.3. The van der Waals surface area contributed by atoms with Gasteiger partial charge in [-0.15, -0.1) is 12.1 Å². The molecule has 7 aromatic rings. The molecule has 4 heteroatoms. The minimum Gasteiger partial charge on any atom is -0.683 e. The summed E-state index contributed by atoms with van der Waals surface area (Å²) in [6.45, 7) is 0. The van der Waals surface area contributed by atoms with Gasteiger partial charge in [0, 0.05) is 0 Å². The molecule has 0 aliphatic carbocycles. The molecule has 7 rings (SSSR count). The summed E-state index contributed by atoms with van der Waals surface area (Å²) in [6.07, 6.45) is 0. The van der Waals surface area contributed by atoms with Crippen molar-refractivity contribution in [2.24, 2.45) is 0 Å². The van der Waals surface area contributed by atoms with Gasteiger partial charge in [0.25, 0.3) is 0 Å². The fraction of sp³-hybridized carbons (Fsp3) is 0. The van der Waals surface area contributed by atoms with Crippen LogP contribution in [0.25, 0.3) is 0 Å². The van der Waals surface area contributed by atoms with Gasteiger partial charge in [-0.1, -0.05) is 182 Å². The van der Waals surface area contributed by atoms with Crippen LogP contribution >= 0.6 is 15.8 Å². The first-order valence-electron chi connectivity index (χ1n) is 15.1. The molecule has 0 bridgehead atoms. The Bertz CT molecular complexity index is 1490. The van der Waals surface area contributed by atoms with Crippen molar-refractivity contribution in [3.8, 4) is 5.75 Å². The second-order valence-electron chi connectivity index (χ2n) is 10.1. The molecule has 0 heterocycles. The Morgan fingerprint density at radius 3 is 0.745 bits per heavy atom. The standard InChI is InChI=1S/2C18H15P.C7H6O.Pd/c2*1-4-10-16(11-5-1)19(17-12-6-2-7-13-17)18-14-8-3-9-15-18;1-8-7-5-3-2-4-6-7;/h2*1-15H;2-5H,1H2;/q;;-2;+2. The van der Waals surface area contributed by atoms with Gasteiger partial charge in [0.15, 0.2) is 0 Å². The van der Waals surface area contributed by atoms with E-state index in [4.69, 9.17) is 0 Å². The van der Waals surface area contributed by atoms with Crippen LogP contribution in [-0.4, -0.2) is 0 Å². The Morgan fingerprint density at radius 1 is 0.340 bits per heavy atom. The number of hydrogen-bond acceptors (Lipinski definition) is 1. The summed E-state index contributed by atoms with van der Waals surface area (Å²) in [5.41, 5.74) is 0. The first-order chi connectivity index (χ1) is 22.8. The Labute approximate surface area is 296 Å². The van der Waals surface area contributed by atoms with Gasteiger partial charge < -0.3 is 4.74 Å². The second kappa shape index (κ2) is 20.2. The average molecular weight is 737 g/mol. The Hall–Kier alpha value is -4.14. The van der Waals surface area contributed by atoms with E-state index >= 15 is 0 Å². The van der Waals surface area contributed by atoms with Crippen molar-refractivity contribution in [1.82, 2.24) is 0 Å². The molecular weight excluding hydrogens is 701 g/mol. The van der Waals surface area contributed by atoms with Crippen molar-refractivity contribution < 1.29 is 25.2 Å². The summed E-state index contributed by atoms with van der Waals surface area (Å²) in [4.78, 5) is 0. The summed E-state index contributed by atoms with van der Waals surface area (Å²) in [5.74, 6) is 0.674. The van der Waals surface area contributed by atoms with Gasteiger partial charge in [-0.05, 0) is 53.4 Å². The fourth-order valence-corrected chi connectivity index (χ4v) is 9.43. The minimum atomic E-state index is -0.446. The van der Waals surface area contributed by atoms with Gasteiger partial charge in [-0.3, -0.25) is 0 Å². The summed E-state index contributed by atoms with van der Waals surface area (Å²) < 4.78 is 4.61. The molecule has 47 heavy (non-hydrogen) atoms. The van der Waals surface area contributed by atoms with Crippen molar-refractivity contribution in [1.29, 1.82) is 0 Å². The number of rotatable bonds is 7. The van der Waals surface area contributed by atoms with Crippen LogP contribution in [0.5, 0.6) is 5.75 Å². The Morgan fingerprint density at radius 2 is 0.574 bits per heavy atom. The van der Waals surface area contributed by atoms with Crippen LogP contribution in [0.2, 0.25) is 0 Å². The number of hydrogen-bond donors (Lipinski definition) is 0. The number of para-hydroxylation sites is 1. The molecule has 0 radical (unpaired) electrons. The van der Waals surface area contributed by atoms with Crippen LogP contribution < -0.4 is 36.6 Å². The first kappa shape index (κ1) is 35.7. The molecule has 0 N–H and O–H groups in total. The van der Waals surface area contributed by atoms with Crippen LogP contribution in [0.15, 0.2) is 206 Å². The van der Waals surface area contributed by atoms with E-state index in [1.807, 2.05) is 12.1 Å². The minimum absolute atomic E-state index is 0. The topological polar surface area (TPSA) is 9.23 Å². The van der Waals surface area contributed by atoms with Gasteiger partial charge in [0.05, 0.1) is 0 Å². The van der Waals surface area contributed by atoms with E-state index in [-0.39, 0.29) is 20.4 Å². The predicted octanol–water partition coefficient (Wildman–Crippen LogP) is 8.54. The van der Waals surface area contributed by atoms with Gasteiger partial charge in [0.1, 0.15) is 0 Å². The molecule has 0 spiro atoms. The largest absolute Gasteiger partial charge is 2.00 e. The van der Waals surface area contributed by atoms with E-state index in [1.54, 1.807) is 12.1 Å². The van der Waals surface area contributed by atoms with Crippen molar-refractivity contribution in [2.75, 3.05) is 0 Å². The zero-order chi connectivity index (χ0) is 31.7. The molecule has 0 unspecified atom stereocenters. The van der Waals surface area contributed by atoms with Crippen LogP contribution in [-0.2, 0) is 20.4 Å². The van der Waals surface area contributed by atoms with Gasteiger partial charge >= 0.3 is 20.4 Å². The third-order valence-corrected chi connectivity index (χ3v) is 11.8. The van der Waals surface area contributed by atoms with E-state index in [9.17, 15) is 0 Å². The monoisotopic (exact) mass is 736 g/mol. The van der Waals surface area contributed by atoms with Crippen LogP contribution in [0, 0.1) is 13.2 Å². The average Bonchev–Trinajstić information content (AvgIpc) is 3.15. The van der Waals surface area contributed by atoms with Crippen LogP contribution in [0.1, 0.15) is 0 Å². The molecule has 7 aromatic carbocycles. The van der Waals surface area contributed by atoms with Crippen molar-refractivity contribution in [3.05, 3.63) is 219 Å². The van der Waals surface area contributed by atoms with E-state index in [0.717, 1.165) is 0 Å². The molecule has 0 atom stereocenters. The Balaban J connectivity index is 0.000000171. The van der Waals surface area contributed by atoms with E-state index in [0.29, 0.717) is 5.75 Å². The molecular formula is C43H36OP2Pd. The van der Waals surface area contributed by atoms with E-state index in [2.05, 4.69) is 200 Å². The van der Waals surface area contributed by atoms with Gasteiger partial charge in [0.2, 0.25) is 0 Å². The molecule has 0 saturated heterocycles. The SMILES string of the molecule is [CH2-]Oc1[c-]cccc1.[Pd+2].c1ccc(P(c2ccccc2)c2ccccc2)cc1.c1ccc(P(c2ccccc2)c2ccccc2)cc1. The van der Waals surface area contributed by atoms with E-state index < -0.39 is 15.8 Å². The molecule has 1 nitrogen and oxygen atoms in total.